The third kappa shape index (κ3) is 8.51. The quantitative estimate of drug-likeness (QED) is 0.797. The maximum Gasteiger partial charge on any atom is 0.0594 e. The van der Waals surface area contributed by atoms with Crippen molar-refractivity contribution < 1.29 is 4.74 Å². The van der Waals surface area contributed by atoms with Gasteiger partial charge in [-0.2, -0.15) is 0 Å². The Balaban J connectivity index is 0. The largest absolute Gasteiger partial charge is 0.379 e. The molecule has 0 radical (unpaired) electrons. The zero-order chi connectivity index (χ0) is 12.0. The average Bonchev–Trinajstić information content (AvgIpc) is 2.27. The summed E-state index contributed by atoms with van der Waals surface area (Å²) in [5.41, 5.74) is 5.96. The highest BCUT2D eigenvalue weighted by atomic mass is 35.5. The lowest BCUT2D eigenvalue weighted by atomic mass is 9.93. The first-order valence-corrected chi connectivity index (χ1v) is 6.22. The zero-order valence-electron chi connectivity index (χ0n) is 11.9. The van der Waals surface area contributed by atoms with Crippen LogP contribution in [0.15, 0.2) is 0 Å². The van der Waals surface area contributed by atoms with E-state index in [1.165, 1.54) is 0 Å². The van der Waals surface area contributed by atoms with Crippen molar-refractivity contribution in [3.8, 4) is 0 Å². The van der Waals surface area contributed by atoms with E-state index in [1.807, 2.05) is 0 Å². The number of halogens is 2. The summed E-state index contributed by atoms with van der Waals surface area (Å²) in [5, 5.41) is 0. The van der Waals surface area contributed by atoms with E-state index in [4.69, 9.17) is 10.5 Å². The summed E-state index contributed by atoms with van der Waals surface area (Å²) >= 11 is 0. The standard InChI is InChI=1S/C12H27N3O.2ClH/c1-12(2,10-13)11-14(3)4-5-15-6-8-16-9-7-15;;/h4-11,13H2,1-3H3;2*1H. The van der Waals surface area contributed by atoms with Crippen molar-refractivity contribution in [2.75, 3.05) is 59.5 Å². The van der Waals surface area contributed by atoms with Crippen LogP contribution in [0.1, 0.15) is 13.8 Å². The summed E-state index contributed by atoms with van der Waals surface area (Å²) in [5.74, 6) is 0. The van der Waals surface area contributed by atoms with Crippen LogP contribution in [0.3, 0.4) is 0 Å². The fraction of sp³-hybridized carbons (Fsp3) is 1.00. The molecule has 1 rings (SSSR count). The molecule has 0 aromatic carbocycles. The lowest BCUT2D eigenvalue weighted by Gasteiger charge is -2.32. The molecule has 0 atom stereocenters. The molecule has 1 aliphatic rings. The highest BCUT2D eigenvalue weighted by Crippen LogP contribution is 2.13. The van der Waals surface area contributed by atoms with Crippen molar-refractivity contribution in [3.63, 3.8) is 0 Å². The third-order valence-corrected chi connectivity index (χ3v) is 3.15. The summed E-state index contributed by atoms with van der Waals surface area (Å²) in [6, 6.07) is 0. The van der Waals surface area contributed by atoms with Crippen molar-refractivity contribution in [2.24, 2.45) is 11.1 Å². The van der Waals surface area contributed by atoms with Gasteiger partial charge in [-0.3, -0.25) is 4.90 Å². The zero-order valence-corrected chi connectivity index (χ0v) is 13.5. The Morgan fingerprint density at radius 1 is 1.22 bits per heavy atom. The number of nitrogens with two attached hydrogens (primary N) is 1. The Morgan fingerprint density at radius 3 is 2.28 bits per heavy atom. The van der Waals surface area contributed by atoms with Gasteiger partial charge in [0.1, 0.15) is 0 Å². The summed E-state index contributed by atoms with van der Waals surface area (Å²) in [6.07, 6.45) is 0. The van der Waals surface area contributed by atoms with Crippen LogP contribution in [0.25, 0.3) is 0 Å². The normalized spacial score (nSPS) is 17.2. The molecule has 0 saturated carbocycles. The molecule has 1 saturated heterocycles. The van der Waals surface area contributed by atoms with Crippen LogP contribution in [-0.2, 0) is 4.74 Å². The summed E-state index contributed by atoms with van der Waals surface area (Å²) in [6.45, 7) is 12.4. The molecule has 0 bridgehead atoms. The van der Waals surface area contributed by atoms with Gasteiger partial charge in [0.05, 0.1) is 13.2 Å². The minimum Gasteiger partial charge on any atom is -0.379 e. The molecule has 1 heterocycles. The second kappa shape index (κ2) is 10.2. The topological polar surface area (TPSA) is 41.7 Å². The maximum absolute atomic E-state index is 5.74. The first-order valence-electron chi connectivity index (χ1n) is 6.22. The van der Waals surface area contributed by atoms with Gasteiger partial charge in [-0.25, -0.2) is 0 Å². The molecule has 0 spiro atoms. The van der Waals surface area contributed by atoms with Gasteiger partial charge in [0.2, 0.25) is 0 Å². The minimum atomic E-state index is 0. The Morgan fingerprint density at radius 2 is 1.78 bits per heavy atom. The highest BCUT2D eigenvalue weighted by molar-refractivity contribution is 5.85. The van der Waals surface area contributed by atoms with Gasteiger partial charge >= 0.3 is 0 Å². The molecule has 1 aliphatic heterocycles. The number of ether oxygens (including phenoxy) is 1. The first-order chi connectivity index (χ1) is 7.53. The molecule has 18 heavy (non-hydrogen) atoms. The summed E-state index contributed by atoms with van der Waals surface area (Å²) in [4.78, 5) is 4.85. The molecule has 2 N–H and O–H groups in total. The molecule has 4 nitrogen and oxygen atoms in total. The van der Waals surface area contributed by atoms with Crippen LogP contribution >= 0.6 is 24.8 Å². The van der Waals surface area contributed by atoms with Crippen molar-refractivity contribution in [1.82, 2.24) is 9.80 Å². The van der Waals surface area contributed by atoms with Crippen LogP contribution in [0.4, 0.5) is 0 Å². The second-order valence-electron chi connectivity index (χ2n) is 5.56. The molecule has 0 aromatic heterocycles. The Labute approximate surface area is 124 Å². The molecule has 0 aliphatic carbocycles. The van der Waals surface area contributed by atoms with Gasteiger partial charge < -0.3 is 15.4 Å². The van der Waals surface area contributed by atoms with Gasteiger partial charge in [-0.1, -0.05) is 13.8 Å². The van der Waals surface area contributed by atoms with Crippen LogP contribution in [0, 0.1) is 5.41 Å². The van der Waals surface area contributed by atoms with Gasteiger partial charge in [-0.05, 0) is 19.0 Å². The van der Waals surface area contributed by atoms with Crippen molar-refractivity contribution in [3.05, 3.63) is 0 Å². The van der Waals surface area contributed by atoms with Gasteiger partial charge in [-0.15, -0.1) is 24.8 Å². The molecule has 0 amide bonds. The molecule has 0 unspecified atom stereocenters. The minimum absolute atomic E-state index is 0. The highest BCUT2D eigenvalue weighted by Gasteiger charge is 2.18. The second-order valence-corrected chi connectivity index (χ2v) is 5.56. The SMILES string of the molecule is CN(CCN1CCOCC1)CC(C)(C)CN.Cl.Cl. The number of rotatable bonds is 6. The van der Waals surface area contributed by atoms with E-state index in [2.05, 4.69) is 30.7 Å². The predicted octanol–water partition coefficient (Wildman–Crippen LogP) is 1.08. The monoisotopic (exact) mass is 301 g/mol. The number of morpholine rings is 1. The third-order valence-electron chi connectivity index (χ3n) is 3.15. The number of hydrogen-bond donors (Lipinski definition) is 1. The van der Waals surface area contributed by atoms with Crippen molar-refractivity contribution >= 4 is 24.8 Å². The fourth-order valence-electron chi connectivity index (χ4n) is 2.01. The van der Waals surface area contributed by atoms with E-state index in [0.717, 1.165) is 52.5 Å². The molecular weight excluding hydrogens is 273 g/mol. The Kier molecular flexibility index (Phi) is 11.8. The molecular formula is C12H29Cl2N3O. The van der Waals surface area contributed by atoms with E-state index in [1.54, 1.807) is 0 Å². The molecule has 112 valence electrons. The van der Waals surface area contributed by atoms with E-state index in [0.29, 0.717) is 0 Å². The van der Waals surface area contributed by atoms with E-state index in [-0.39, 0.29) is 30.2 Å². The number of nitrogens with zero attached hydrogens (tertiary/aromatic N) is 2. The Bertz CT molecular complexity index is 200. The first kappa shape index (κ1) is 20.7. The summed E-state index contributed by atoms with van der Waals surface area (Å²) < 4.78 is 5.33. The number of hydrogen-bond acceptors (Lipinski definition) is 4. The van der Waals surface area contributed by atoms with Gasteiger partial charge in [0.25, 0.3) is 0 Å². The van der Waals surface area contributed by atoms with E-state index < -0.39 is 0 Å². The molecule has 1 fully saturated rings. The van der Waals surface area contributed by atoms with E-state index >= 15 is 0 Å². The lowest BCUT2D eigenvalue weighted by molar-refractivity contribution is 0.0331. The van der Waals surface area contributed by atoms with Crippen molar-refractivity contribution in [2.45, 2.75) is 13.8 Å². The van der Waals surface area contributed by atoms with E-state index in [9.17, 15) is 0 Å². The maximum atomic E-state index is 5.74. The van der Waals surface area contributed by atoms with Crippen LogP contribution in [-0.4, -0.2) is 69.3 Å². The molecule has 0 aromatic rings. The smallest absolute Gasteiger partial charge is 0.0594 e. The predicted molar refractivity (Wildman–Crippen MR) is 82.1 cm³/mol. The van der Waals surface area contributed by atoms with Gasteiger partial charge in [0.15, 0.2) is 0 Å². The average molecular weight is 302 g/mol. The summed E-state index contributed by atoms with van der Waals surface area (Å²) in [7, 11) is 2.18. The van der Waals surface area contributed by atoms with Crippen LogP contribution in [0.2, 0.25) is 0 Å². The van der Waals surface area contributed by atoms with Gasteiger partial charge in [0, 0.05) is 32.7 Å². The van der Waals surface area contributed by atoms with Crippen molar-refractivity contribution in [1.29, 1.82) is 0 Å². The lowest BCUT2D eigenvalue weighted by Crippen LogP contribution is -2.43. The Hall–Kier alpha value is 0.420. The fourth-order valence-corrected chi connectivity index (χ4v) is 2.01. The van der Waals surface area contributed by atoms with Crippen LogP contribution < -0.4 is 5.73 Å². The molecule has 6 heteroatoms. The number of likely N-dealkylation sites (N-methyl/N-ethyl adjacent to an activating group) is 1. The van der Waals surface area contributed by atoms with Crippen LogP contribution in [0.5, 0.6) is 0 Å².